The fraction of sp³-hybridized carbons (Fsp3) is 1.00. The van der Waals surface area contributed by atoms with Gasteiger partial charge in [-0.2, -0.15) is 0 Å². The van der Waals surface area contributed by atoms with Crippen LogP contribution in [0.25, 0.3) is 0 Å². The van der Waals surface area contributed by atoms with Gasteiger partial charge in [-0.3, -0.25) is 4.90 Å². The summed E-state index contributed by atoms with van der Waals surface area (Å²) in [5.41, 5.74) is 0. The van der Waals surface area contributed by atoms with Crippen molar-refractivity contribution >= 4 is 0 Å². The molecule has 2 aliphatic heterocycles. The molecule has 2 aliphatic rings. The molecule has 0 aromatic carbocycles. The lowest BCUT2D eigenvalue weighted by Crippen LogP contribution is -2.35. The average molecular weight is 195 g/mol. The number of unbranched alkanes of at least 4 members (excludes halogenated alkanes) is 1. The van der Waals surface area contributed by atoms with E-state index in [0.29, 0.717) is 0 Å². The van der Waals surface area contributed by atoms with Gasteiger partial charge in [-0.1, -0.05) is 32.6 Å². The van der Waals surface area contributed by atoms with Crippen LogP contribution in [0.15, 0.2) is 0 Å². The molecule has 2 rings (SSSR count). The van der Waals surface area contributed by atoms with Crippen LogP contribution in [0, 0.1) is 0 Å². The maximum Gasteiger partial charge on any atom is 0.00987 e. The van der Waals surface area contributed by atoms with Crippen molar-refractivity contribution in [2.45, 2.75) is 76.8 Å². The van der Waals surface area contributed by atoms with Gasteiger partial charge in [-0.25, -0.2) is 0 Å². The molecule has 0 aromatic heterocycles. The van der Waals surface area contributed by atoms with Gasteiger partial charge in [0, 0.05) is 12.1 Å². The molecule has 0 aromatic rings. The minimum Gasteiger partial charge on any atom is -0.297 e. The number of hydrogen-bond acceptors (Lipinski definition) is 1. The van der Waals surface area contributed by atoms with E-state index in [2.05, 4.69) is 11.8 Å². The fourth-order valence-corrected chi connectivity index (χ4v) is 3.29. The first-order valence-corrected chi connectivity index (χ1v) is 6.67. The lowest BCUT2D eigenvalue weighted by molar-refractivity contribution is 0.187. The van der Waals surface area contributed by atoms with E-state index in [-0.39, 0.29) is 0 Å². The highest BCUT2D eigenvalue weighted by molar-refractivity contribution is 4.88. The van der Waals surface area contributed by atoms with Crippen molar-refractivity contribution in [2.24, 2.45) is 0 Å². The first kappa shape index (κ1) is 10.5. The number of fused-ring (bicyclic) bond motifs is 1. The van der Waals surface area contributed by atoms with Gasteiger partial charge in [0.1, 0.15) is 0 Å². The number of nitrogens with zero attached hydrogens (tertiary/aromatic N) is 1. The highest BCUT2D eigenvalue weighted by Gasteiger charge is 2.32. The van der Waals surface area contributed by atoms with E-state index >= 15 is 0 Å². The van der Waals surface area contributed by atoms with Crippen LogP contribution in [0.3, 0.4) is 0 Å². The van der Waals surface area contributed by atoms with E-state index in [1.807, 2.05) is 0 Å². The molecule has 82 valence electrons. The predicted octanol–water partition coefficient (Wildman–Crippen LogP) is 3.58. The molecule has 14 heavy (non-hydrogen) atoms. The molecule has 0 saturated carbocycles. The second-order valence-corrected chi connectivity index (χ2v) is 5.11. The summed E-state index contributed by atoms with van der Waals surface area (Å²) in [6.07, 6.45) is 13.2. The van der Waals surface area contributed by atoms with Crippen molar-refractivity contribution in [3.8, 4) is 0 Å². The van der Waals surface area contributed by atoms with Crippen LogP contribution >= 0.6 is 0 Å². The van der Waals surface area contributed by atoms with Crippen LogP contribution in [0.1, 0.15) is 64.7 Å². The summed E-state index contributed by atoms with van der Waals surface area (Å²) in [7, 11) is 0. The molecule has 0 N–H and O–H groups in total. The largest absolute Gasteiger partial charge is 0.297 e. The Hall–Kier alpha value is -0.0400. The fourth-order valence-electron chi connectivity index (χ4n) is 3.29. The van der Waals surface area contributed by atoms with Crippen molar-refractivity contribution in [3.05, 3.63) is 0 Å². The Morgan fingerprint density at radius 3 is 2.86 bits per heavy atom. The topological polar surface area (TPSA) is 3.24 Å². The Labute approximate surface area is 88.9 Å². The summed E-state index contributed by atoms with van der Waals surface area (Å²) in [5, 5.41) is 0. The molecular weight excluding hydrogens is 170 g/mol. The van der Waals surface area contributed by atoms with E-state index in [1.54, 1.807) is 0 Å². The third-order valence-corrected chi connectivity index (χ3v) is 4.12. The van der Waals surface area contributed by atoms with E-state index in [1.165, 1.54) is 64.3 Å². The van der Waals surface area contributed by atoms with Gasteiger partial charge < -0.3 is 0 Å². The Morgan fingerprint density at radius 2 is 2.00 bits per heavy atom. The van der Waals surface area contributed by atoms with Crippen LogP contribution in [0.5, 0.6) is 0 Å². The molecule has 2 saturated heterocycles. The summed E-state index contributed by atoms with van der Waals surface area (Å²) >= 11 is 0. The Morgan fingerprint density at radius 1 is 1.07 bits per heavy atom. The summed E-state index contributed by atoms with van der Waals surface area (Å²) in [6.45, 7) is 3.72. The van der Waals surface area contributed by atoms with Gasteiger partial charge in [0.15, 0.2) is 0 Å². The molecule has 1 heteroatoms. The number of hydrogen-bond donors (Lipinski definition) is 0. The summed E-state index contributed by atoms with van der Waals surface area (Å²) < 4.78 is 0. The second kappa shape index (κ2) is 5.16. The average Bonchev–Trinajstić information content (AvgIpc) is 2.45. The van der Waals surface area contributed by atoms with Gasteiger partial charge in [0.2, 0.25) is 0 Å². The molecule has 0 bridgehead atoms. The van der Waals surface area contributed by atoms with Crippen molar-refractivity contribution in [1.29, 1.82) is 0 Å². The maximum atomic E-state index is 2.85. The molecule has 0 radical (unpaired) electrons. The van der Waals surface area contributed by atoms with E-state index in [0.717, 1.165) is 12.1 Å². The van der Waals surface area contributed by atoms with Crippen molar-refractivity contribution < 1.29 is 0 Å². The van der Waals surface area contributed by atoms with Crippen LogP contribution in [0.2, 0.25) is 0 Å². The molecular formula is C13H25N. The first-order valence-electron chi connectivity index (χ1n) is 6.67. The Bertz CT molecular complexity index is 167. The van der Waals surface area contributed by atoms with Crippen LogP contribution in [-0.2, 0) is 0 Å². The maximum absolute atomic E-state index is 2.85. The smallest absolute Gasteiger partial charge is 0.00987 e. The Kier molecular flexibility index (Phi) is 3.86. The quantitative estimate of drug-likeness (QED) is 0.665. The lowest BCUT2D eigenvalue weighted by atomic mass is 10.1. The molecule has 0 spiro atoms. The molecule has 2 atom stereocenters. The minimum atomic E-state index is 0.957. The molecule has 1 nitrogen and oxygen atoms in total. The first-order chi connectivity index (χ1) is 6.92. The van der Waals surface area contributed by atoms with Gasteiger partial charge in [-0.15, -0.1) is 0 Å². The zero-order valence-electron chi connectivity index (χ0n) is 9.67. The van der Waals surface area contributed by atoms with Gasteiger partial charge in [0.25, 0.3) is 0 Å². The van der Waals surface area contributed by atoms with Crippen LogP contribution in [-0.4, -0.2) is 23.5 Å². The highest BCUT2D eigenvalue weighted by Crippen LogP contribution is 2.32. The van der Waals surface area contributed by atoms with Gasteiger partial charge >= 0.3 is 0 Å². The van der Waals surface area contributed by atoms with Crippen LogP contribution < -0.4 is 0 Å². The molecule has 2 heterocycles. The summed E-state index contributed by atoms with van der Waals surface area (Å²) in [5.74, 6) is 0. The third-order valence-electron chi connectivity index (χ3n) is 4.12. The molecule has 0 unspecified atom stereocenters. The van der Waals surface area contributed by atoms with Gasteiger partial charge in [-0.05, 0) is 38.6 Å². The van der Waals surface area contributed by atoms with Crippen molar-refractivity contribution in [2.75, 3.05) is 6.54 Å². The standard InChI is InChI=1S/C13H25N/c1-2-3-7-12-9-10-13-8-5-4-6-11-14(12)13/h12-13H,2-11H2,1H3/t12-,13+/m1/s1. The summed E-state index contributed by atoms with van der Waals surface area (Å²) in [4.78, 5) is 2.85. The van der Waals surface area contributed by atoms with Crippen molar-refractivity contribution in [3.63, 3.8) is 0 Å². The number of rotatable bonds is 3. The highest BCUT2D eigenvalue weighted by atomic mass is 15.2. The second-order valence-electron chi connectivity index (χ2n) is 5.11. The predicted molar refractivity (Wildman–Crippen MR) is 61.5 cm³/mol. The lowest BCUT2D eigenvalue weighted by Gasteiger charge is -2.28. The van der Waals surface area contributed by atoms with E-state index < -0.39 is 0 Å². The molecule has 2 fully saturated rings. The Balaban J connectivity index is 1.87. The summed E-state index contributed by atoms with van der Waals surface area (Å²) in [6, 6.07) is 1.93. The molecule has 0 amide bonds. The zero-order chi connectivity index (χ0) is 9.80. The monoisotopic (exact) mass is 195 g/mol. The molecule has 0 aliphatic carbocycles. The van der Waals surface area contributed by atoms with E-state index in [4.69, 9.17) is 0 Å². The SMILES string of the molecule is CCCC[C@@H]1CC[C@@H]2CCCCCN12. The van der Waals surface area contributed by atoms with E-state index in [9.17, 15) is 0 Å². The minimum absolute atomic E-state index is 0.957. The normalized spacial score (nSPS) is 34.1. The van der Waals surface area contributed by atoms with Gasteiger partial charge in [0.05, 0.1) is 0 Å². The van der Waals surface area contributed by atoms with Crippen molar-refractivity contribution in [1.82, 2.24) is 4.90 Å². The zero-order valence-corrected chi connectivity index (χ0v) is 9.67. The van der Waals surface area contributed by atoms with Crippen LogP contribution in [0.4, 0.5) is 0 Å². The third kappa shape index (κ3) is 2.31.